The molecule has 0 aliphatic carbocycles. The van der Waals surface area contributed by atoms with E-state index in [2.05, 4.69) is 0 Å². The van der Waals surface area contributed by atoms with Gasteiger partial charge in [0.2, 0.25) is 5.75 Å². The highest BCUT2D eigenvalue weighted by Gasteiger charge is 2.30. The van der Waals surface area contributed by atoms with Crippen molar-refractivity contribution in [3.05, 3.63) is 64.8 Å². The van der Waals surface area contributed by atoms with Crippen LogP contribution in [0.4, 0.5) is 0 Å². The van der Waals surface area contributed by atoms with Crippen molar-refractivity contribution in [2.24, 2.45) is 5.92 Å². The van der Waals surface area contributed by atoms with Gasteiger partial charge in [-0.3, -0.25) is 0 Å². The van der Waals surface area contributed by atoms with Crippen LogP contribution in [-0.4, -0.2) is 73.3 Å². The maximum atomic E-state index is 11.2. The van der Waals surface area contributed by atoms with E-state index in [-0.39, 0.29) is 23.2 Å². The van der Waals surface area contributed by atoms with Crippen molar-refractivity contribution in [3.63, 3.8) is 0 Å². The molecule has 222 valence electrons. The molecule has 0 bridgehead atoms. The number of aryl methyl sites for hydroxylation is 1. The third-order valence-corrected chi connectivity index (χ3v) is 6.08. The summed E-state index contributed by atoms with van der Waals surface area (Å²) in [5.41, 5.74) is 2.90. The second-order valence-corrected chi connectivity index (χ2v) is 10.1. The van der Waals surface area contributed by atoms with Crippen LogP contribution in [0.25, 0.3) is 0 Å². The van der Waals surface area contributed by atoms with Crippen molar-refractivity contribution < 1.29 is 44.1 Å². The highest BCUT2D eigenvalue weighted by Crippen LogP contribution is 2.42. The van der Waals surface area contributed by atoms with E-state index in [4.69, 9.17) is 23.7 Å². The second-order valence-electron chi connectivity index (χ2n) is 10.1. The Morgan fingerprint density at radius 2 is 1.38 bits per heavy atom. The Morgan fingerprint density at radius 1 is 0.800 bits per heavy atom. The molecule has 0 radical (unpaired) electrons. The van der Waals surface area contributed by atoms with E-state index in [1.807, 2.05) is 52.8 Å². The van der Waals surface area contributed by atoms with Gasteiger partial charge in [-0.1, -0.05) is 37.6 Å². The lowest BCUT2D eigenvalue weighted by atomic mass is 9.98. The molecule has 0 saturated carbocycles. The van der Waals surface area contributed by atoms with Gasteiger partial charge in [-0.25, -0.2) is 0 Å². The lowest BCUT2D eigenvalue weighted by Crippen LogP contribution is -2.36. The third kappa shape index (κ3) is 8.63. The van der Waals surface area contributed by atoms with Crippen LogP contribution in [0.2, 0.25) is 0 Å². The molecule has 0 aromatic heterocycles. The highest BCUT2D eigenvalue weighted by molar-refractivity contribution is 5.55. The summed E-state index contributed by atoms with van der Waals surface area (Å²) in [6, 6.07) is 8.40. The summed E-state index contributed by atoms with van der Waals surface area (Å²) in [4.78, 5) is 0. The van der Waals surface area contributed by atoms with E-state index in [1.54, 1.807) is 12.1 Å². The molecule has 0 saturated heterocycles. The molecular weight excluding hydrogens is 516 g/mol. The fraction of sp³-hybridized carbons (Fsp3) is 0.484. The molecule has 4 N–H and O–H groups in total. The number of hydrogen-bond donors (Lipinski definition) is 4. The summed E-state index contributed by atoms with van der Waals surface area (Å²) in [5, 5.41) is 42.5. The van der Waals surface area contributed by atoms with Crippen LogP contribution in [0.5, 0.6) is 28.7 Å². The molecule has 0 amide bonds. The lowest BCUT2D eigenvalue weighted by molar-refractivity contribution is -0.000925. The number of ether oxygens (including phenoxy) is 5. The molecule has 0 heterocycles. The topological polar surface area (TPSA) is 127 Å². The van der Waals surface area contributed by atoms with Crippen LogP contribution in [0.15, 0.2) is 53.6 Å². The van der Waals surface area contributed by atoms with E-state index in [9.17, 15) is 20.4 Å². The Balaban J connectivity index is 2.44. The average molecular weight is 561 g/mol. The van der Waals surface area contributed by atoms with Crippen LogP contribution in [0.3, 0.4) is 0 Å². The quantitative estimate of drug-likeness (QED) is 0.238. The van der Waals surface area contributed by atoms with E-state index in [0.717, 1.165) is 11.1 Å². The number of benzene rings is 2. The summed E-state index contributed by atoms with van der Waals surface area (Å²) in [6.45, 7) is 8.77. The summed E-state index contributed by atoms with van der Waals surface area (Å²) in [7, 11) is 4.36. The number of aliphatic hydroxyl groups excluding tert-OH is 4. The molecule has 2 rings (SSSR count). The van der Waals surface area contributed by atoms with Crippen molar-refractivity contribution in [2.45, 2.75) is 59.0 Å². The van der Waals surface area contributed by atoms with Gasteiger partial charge >= 0.3 is 0 Å². The predicted molar refractivity (Wildman–Crippen MR) is 154 cm³/mol. The van der Waals surface area contributed by atoms with Gasteiger partial charge in [-0.15, -0.1) is 0 Å². The summed E-state index contributed by atoms with van der Waals surface area (Å²) in [5.74, 6) is 1.52. The molecule has 2 aromatic rings. The molecule has 0 spiro atoms. The number of allylic oxidation sites excluding steroid dienone is 2. The number of methoxy groups -OCH3 is 3. The Morgan fingerprint density at radius 3 is 1.85 bits per heavy atom. The van der Waals surface area contributed by atoms with Crippen molar-refractivity contribution in [3.8, 4) is 28.7 Å². The Hall–Kier alpha value is -3.24. The van der Waals surface area contributed by atoms with Crippen LogP contribution in [0, 0.1) is 12.8 Å². The van der Waals surface area contributed by atoms with Gasteiger partial charge in [0, 0.05) is 0 Å². The molecule has 0 aliphatic rings. The van der Waals surface area contributed by atoms with Gasteiger partial charge in [0.25, 0.3) is 0 Å². The zero-order chi connectivity index (χ0) is 30.0. The van der Waals surface area contributed by atoms with Gasteiger partial charge < -0.3 is 44.1 Å². The Kier molecular flexibility index (Phi) is 12.8. The van der Waals surface area contributed by atoms with Gasteiger partial charge in [0.1, 0.15) is 12.2 Å². The molecule has 4 unspecified atom stereocenters. The largest absolute Gasteiger partial charge is 0.493 e. The van der Waals surface area contributed by atoms with E-state index < -0.39 is 37.6 Å². The maximum absolute atomic E-state index is 11.2. The van der Waals surface area contributed by atoms with Gasteiger partial charge in [-0.2, -0.15) is 0 Å². The first kappa shape index (κ1) is 33.0. The lowest BCUT2D eigenvalue weighted by Gasteiger charge is -2.27. The normalized spacial score (nSPS) is 14.7. The van der Waals surface area contributed by atoms with Crippen LogP contribution in [-0.2, 0) is 0 Å². The van der Waals surface area contributed by atoms with Crippen molar-refractivity contribution in [1.82, 2.24) is 0 Å². The zero-order valence-electron chi connectivity index (χ0n) is 24.7. The standard InChI is InChI=1S/C31H44O9/c1-18(2)11-21(12-19(3)4)29(34)28(17-33)40-31-25(37-7)14-22(15-26(31)38-8)30(35)27(16-32)39-23-10-9-20(5)13-24(23)36-6/h9-15,18,27-30,32-35H,16-17H2,1-8H3/b21-11+. The van der Waals surface area contributed by atoms with Gasteiger partial charge in [-0.05, 0) is 67.7 Å². The van der Waals surface area contributed by atoms with Crippen LogP contribution in [0.1, 0.15) is 44.9 Å². The molecule has 0 fully saturated rings. The molecule has 9 nitrogen and oxygen atoms in total. The molecule has 0 aliphatic heterocycles. The van der Waals surface area contributed by atoms with Gasteiger partial charge in [0.15, 0.2) is 35.2 Å². The summed E-state index contributed by atoms with van der Waals surface area (Å²) in [6.07, 6.45) is -0.749. The van der Waals surface area contributed by atoms with Crippen LogP contribution >= 0.6 is 0 Å². The van der Waals surface area contributed by atoms with E-state index >= 15 is 0 Å². The smallest absolute Gasteiger partial charge is 0.204 e. The first-order chi connectivity index (χ1) is 19.0. The molecule has 4 atom stereocenters. The second kappa shape index (κ2) is 15.5. The van der Waals surface area contributed by atoms with Gasteiger partial charge in [0.05, 0.1) is 34.5 Å². The maximum Gasteiger partial charge on any atom is 0.204 e. The van der Waals surface area contributed by atoms with Crippen LogP contribution < -0.4 is 23.7 Å². The summed E-state index contributed by atoms with van der Waals surface area (Å²) >= 11 is 0. The molecular formula is C31H44O9. The first-order valence-corrected chi connectivity index (χ1v) is 13.2. The molecule has 2 aromatic carbocycles. The molecule has 9 heteroatoms. The fourth-order valence-corrected chi connectivity index (χ4v) is 4.16. The fourth-order valence-electron chi connectivity index (χ4n) is 4.16. The molecule has 40 heavy (non-hydrogen) atoms. The average Bonchev–Trinajstić information content (AvgIpc) is 2.93. The number of hydrogen-bond acceptors (Lipinski definition) is 9. The monoisotopic (exact) mass is 560 g/mol. The minimum atomic E-state index is -1.29. The summed E-state index contributed by atoms with van der Waals surface area (Å²) < 4.78 is 28.5. The number of aliphatic hydroxyl groups is 4. The first-order valence-electron chi connectivity index (χ1n) is 13.2. The highest BCUT2D eigenvalue weighted by atomic mass is 16.6. The Labute approximate surface area is 237 Å². The predicted octanol–water partition coefficient (Wildman–Crippen LogP) is 4.14. The zero-order valence-corrected chi connectivity index (χ0v) is 24.7. The minimum absolute atomic E-state index is 0.141. The third-order valence-electron chi connectivity index (χ3n) is 6.08. The Bertz CT molecular complexity index is 1130. The van der Waals surface area contributed by atoms with E-state index in [0.29, 0.717) is 22.6 Å². The SMILES string of the molecule is COc1cc(C)ccc1OC(CO)C(O)c1cc(OC)c(OC(CO)C(O)/C(C=C(C)C)=C/C(C)C)c(OC)c1. The van der Waals surface area contributed by atoms with Crippen molar-refractivity contribution >= 4 is 0 Å². The van der Waals surface area contributed by atoms with Crippen molar-refractivity contribution in [1.29, 1.82) is 0 Å². The van der Waals surface area contributed by atoms with Crippen molar-refractivity contribution in [2.75, 3.05) is 34.5 Å². The minimum Gasteiger partial charge on any atom is -0.493 e. The van der Waals surface area contributed by atoms with E-state index in [1.165, 1.54) is 33.5 Å². The number of rotatable bonds is 15.